The minimum absolute atomic E-state index is 0.0228. The first kappa shape index (κ1) is 14.3. The second-order valence-electron chi connectivity index (χ2n) is 4.87. The van der Waals surface area contributed by atoms with Gasteiger partial charge in [0.15, 0.2) is 0 Å². The highest BCUT2D eigenvalue weighted by Crippen LogP contribution is 2.22. The van der Waals surface area contributed by atoms with E-state index >= 15 is 0 Å². The molecule has 0 saturated heterocycles. The predicted octanol–water partition coefficient (Wildman–Crippen LogP) is 2.87. The number of nitrogens with zero attached hydrogens (tertiary/aromatic N) is 2. The second kappa shape index (κ2) is 5.88. The summed E-state index contributed by atoms with van der Waals surface area (Å²) in [4.78, 5) is 17.3. The highest BCUT2D eigenvalue weighted by Gasteiger charge is 2.18. The number of carbonyl (C=O) groups is 1. The van der Waals surface area contributed by atoms with Crippen molar-refractivity contribution in [3.63, 3.8) is 0 Å². The molecule has 0 amide bonds. The molecule has 0 spiro atoms. The SMILES string of the molecule is Cc1cccc(CN(C)C(C)c2ccc(C(=O)O)o2)n1. The number of aromatic nitrogens is 1. The maximum absolute atomic E-state index is 10.8. The van der Waals surface area contributed by atoms with Gasteiger partial charge in [-0.3, -0.25) is 9.88 Å². The molecule has 2 heterocycles. The van der Waals surface area contributed by atoms with Crippen LogP contribution >= 0.6 is 0 Å². The summed E-state index contributed by atoms with van der Waals surface area (Å²) in [5.74, 6) is -0.446. The van der Waals surface area contributed by atoms with E-state index in [0.717, 1.165) is 11.4 Å². The third-order valence-corrected chi connectivity index (χ3v) is 3.27. The minimum Gasteiger partial charge on any atom is -0.475 e. The molecule has 1 N–H and O–H groups in total. The lowest BCUT2D eigenvalue weighted by Gasteiger charge is -2.22. The molecule has 5 nitrogen and oxygen atoms in total. The van der Waals surface area contributed by atoms with Gasteiger partial charge in [0.25, 0.3) is 0 Å². The van der Waals surface area contributed by atoms with Crippen molar-refractivity contribution in [1.82, 2.24) is 9.88 Å². The topological polar surface area (TPSA) is 66.6 Å². The fourth-order valence-electron chi connectivity index (χ4n) is 1.99. The molecule has 0 aromatic carbocycles. The van der Waals surface area contributed by atoms with Crippen molar-refractivity contribution in [2.75, 3.05) is 7.05 Å². The smallest absolute Gasteiger partial charge is 0.371 e. The summed E-state index contributed by atoms with van der Waals surface area (Å²) in [6.45, 7) is 4.60. The molecular weight excluding hydrogens is 256 g/mol. The number of aromatic carboxylic acids is 1. The van der Waals surface area contributed by atoms with Crippen molar-refractivity contribution < 1.29 is 14.3 Å². The normalized spacial score (nSPS) is 12.6. The number of rotatable bonds is 5. The zero-order chi connectivity index (χ0) is 14.7. The zero-order valence-electron chi connectivity index (χ0n) is 11.8. The fraction of sp³-hybridized carbons (Fsp3) is 0.333. The first-order valence-electron chi connectivity index (χ1n) is 6.43. The molecule has 0 aliphatic heterocycles. The molecule has 106 valence electrons. The van der Waals surface area contributed by atoms with Crippen molar-refractivity contribution in [2.24, 2.45) is 0 Å². The van der Waals surface area contributed by atoms with E-state index < -0.39 is 5.97 Å². The molecule has 1 atom stereocenters. The van der Waals surface area contributed by atoms with E-state index in [4.69, 9.17) is 9.52 Å². The Kier molecular flexibility index (Phi) is 4.20. The zero-order valence-corrected chi connectivity index (χ0v) is 11.8. The van der Waals surface area contributed by atoms with Crippen molar-refractivity contribution in [2.45, 2.75) is 26.4 Å². The van der Waals surface area contributed by atoms with Crippen molar-refractivity contribution in [1.29, 1.82) is 0 Å². The molecule has 1 unspecified atom stereocenters. The van der Waals surface area contributed by atoms with Crippen LogP contribution in [0.4, 0.5) is 0 Å². The molecule has 2 rings (SSSR count). The largest absolute Gasteiger partial charge is 0.475 e. The maximum Gasteiger partial charge on any atom is 0.371 e. The van der Waals surface area contributed by atoms with E-state index in [2.05, 4.69) is 9.88 Å². The molecule has 2 aromatic heterocycles. The summed E-state index contributed by atoms with van der Waals surface area (Å²) in [5, 5.41) is 8.87. The van der Waals surface area contributed by atoms with Crippen LogP contribution in [0.2, 0.25) is 0 Å². The van der Waals surface area contributed by atoms with Gasteiger partial charge in [-0.2, -0.15) is 0 Å². The Morgan fingerprint density at radius 3 is 2.75 bits per heavy atom. The summed E-state index contributed by atoms with van der Waals surface area (Å²) in [6.07, 6.45) is 0. The van der Waals surface area contributed by atoms with Gasteiger partial charge in [0.2, 0.25) is 5.76 Å². The molecule has 20 heavy (non-hydrogen) atoms. The van der Waals surface area contributed by atoms with E-state index in [1.807, 2.05) is 39.1 Å². The van der Waals surface area contributed by atoms with E-state index in [1.165, 1.54) is 6.07 Å². The Labute approximate surface area is 117 Å². The van der Waals surface area contributed by atoms with Crippen LogP contribution in [0, 0.1) is 6.92 Å². The molecule has 0 fully saturated rings. The first-order valence-corrected chi connectivity index (χ1v) is 6.43. The average molecular weight is 274 g/mol. The summed E-state index contributed by atoms with van der Waals surface area (Å²) >= 11 is 0. The first-order chi connectivity index (χ1) is 9.47. The van der Waals surface area contributed by atoms with Gasteiger partial charge in [0.05, 0.1) is 11.7 Å². The summed E-state index contributed by atoms with van der Waals surface area (Å²) in [5.41, 5.74) is 1.96. The number of hydrogen-bond donors (Lipinski definition) is 1. The van der Waals surface area contributed by atoms with Crippen LogP contribution in [0.15, 0.2) is 34.7 Å². The van der Waals surface area contributed by atoms with Crippen molar-refractivity contribution in [3.05, 3.63) is 53.2 Å². The van der Waals surface area contributed by atoms with E-state index in [-0.39, 0.29) is 11.8 Å². The quantitative estimate of drug-likeness (QED) is 0.908. The van der Waals surface area contributed by atoms with Crippen LogP contribution in [-0.2, 0) is 6.54 Å². The van der Waals surface area contributed by atoms with Gasteiger partial charge in [-0.15, -0.1) is 0 Å². The van der Waals surface area contributed by atoms with Crippen LogP contribution in [0.1, 0.15) is 40.7 Å². The van der Waals surface area contributed by atoms with Crippen LogP contribution in [0.3, 0.4) is 0 Å². The Balaban J connectivity index is 2.07. The predicted molar refractivity (Wildman–Crippen MR) is 74.5 cm³/mol. The van der Waals surface area contributed by atoms with E-state index in [1.54, 1.807) is 6.07 Å². The number of furan rings is 1. The summed E-state index contributed by atoms with van der Waals surface area (Å²) in [7, 11) is 1.96. The number of pyridine rings is 1. The molecule has 0 radical (unpaired) electrons. The van der Waals surface area contributed by atoms with E-state index in [9.17, 15) is 4.79 Å². The van der Waals surface area contributed by atoms with Crippen LogP contribution in [0.5, 0.6) is 0 Å². The molecule has 0 bridgehead atoms. The summed E-state index contributed by atoms with van der Waals surface area (Å²) in [6, 6.07) is 9.07. The highest BCUT2D eigenvalue weighted by molar-refractivity contribution is 5.84. The third kappa shape index (κ3) is 3.24. The second-order valence-corrected chi connectivity index (χ2v) is 4.87. The molecule has 0 aliphatic rings. The Morgan fingerprint density at radius 1 is 1.40 bits per heavy atom. The van der Waals surface area contributed by atoms with Gasteiger partial charge in [0.1, 0.15) is 5.76 Å². The van der Waals surface area contributed by atoms with E-state index in [0.29, 0.717) is 12.3 Å². The monoisotopic (exact) mass is 274 g/mol. The Morgan fingerprint density at radius 2 is 2.15 bits per heavy atom. The lowest BCUT2D eigenvalue weighted by molar-refractivity contribution is 0.0656. The molecular formula is C15H18N2O3. The summed E-state index contributed by atoms with van der Waals surface area (Å²) < 4.78 is 5.33. The fourth-order valence-corrected chi connectivity index (χ4v) is 1.99. The molecule has 0 saturated carbocycles. The lowest BCUT2D eigenvalue weighted by atomic mass is 10.2. The lowest BCUT2D eigenvalue weighted by Crippen LogP contribution is -2.22. The van der Waals surface area contributed by atoms with Crippen LogP contribution < -0.4 is 0 Å². The van der Waals surface area contributed by atoms with Gasteiger partial charge in [-0.1, -0.05) is 6.07 Å². The molecule has 0 aliphatic carbocycles. The molecule has 5 heteroatoms. The van der Waals surface area contributed by atoms with Gasteiger partial charge in [0, 0.05) is 12.2 Å². The Bertz CT molecular complexity index is 607. The standard InChI is InChI=1S/C15H18N2O3/c1-10-5-4-6-12(16-10)9-17(3)11(2)13-7-8-14(20-13)15(18)19/h4-8,11H,9H2,1-3H3,(H,18,19). The van der Waals surface area contributed by atoms with Crippen LogP contribution in [0.25, 0.3) is 0 Å². The van der Waals surface area contributed by atoms with Crippen LogP contribution in [-0.4, -0.2) is 28.0 Å². The maximum atomic E-state index is 10.8. The number of carboxylic acid groups (broad SMARTS) is 1. The van der Waals surface area contributed by atoms with Crippen molar-refractivity contribution in [3.8, 4) is 0 Å². The number of aryl methyl sites for hydroxylation is 1. The minimum atomic E-state index is -1.05. The molecule has 2 aromatic rings. The average Bonchev–Trinajstić information content (AvgIpc) is 2.87. The van der Waals surface area contributed by atoms with Gasteiger partial charge in [-0.05, 0) is 45.2 Å². The number of hydrogen-bond acceptors (Lipinski definition) is 4. The third-order valence-electron chi connectivity index (χ3n) is 3.27. The van der Waals surface area contributed by atoms with Gasteiger partial charge in [-0.25, -0.2) is 4.79 Å². The number of carboxylic acids is 1. The Hall–Kier alpha value is -2.14. The highest BCUT2D eigenvalue weighted by atomic mass is 16.4. The van der Waals surface area contributed by atoms with Gasteiger partial charge >= 0.3 is 5.97 Å². The van der Waals surface area contributed by atoms with Crippen molar-refractivity contribution >= 4 is 5.97 Å². The van der Waals surface area contributed by atoms with Gasteiger partial charge < -0.3 is 9.52 Å².